The fourth-order valence-electron chi connectivity index (χ4n) is 2.81. The molecule has 0 aliphatic heterocycles. The van der Waals surface area contributed by atoms with E-state index in [4.69, 9.17) is 9.84 Å². The quantitative estimate of drug-likeness (QED) is 0.535. The Kier molecular flexibility index (Phi) is 3.98. The van der Waals surface area contributed by atoms with E-state index in [9.17, 15) is 0 Å². The minimum atomic E-state index is 0.521. The van der Waals surface area contributed by atoms with E-state index in [1.54, 1.807) is 0 Å². The van der Waals surface area contributed by atoms with E-state index in [2.05, 4.69) is 36.4 Å². The molecule has 0 saturated carbocycles. The zero-order chi connectivity index (χ0) is 16.2. The lowest BCUT2D eigenvalue weighted by Crippen LogP contribution is -2.02. The Bertz CT molecular complexity index is 930. The van der Waals surface area contributed by atoms with Crippen LogP contribution in [0, 0.1) is 0 Å². The van der Waals surface area contributed by atoms with Crippen LogP contribution in [0.2, 0.25) is 0 Å². The van der Waals surface area contributed by atoms with Crippen LogP contribution in [0.15, 0.2) is 84.9 Å². The number of benzene rings is 3. The van der Waals surface area contributed by atoms with Crippen LogP contribution in [0.3, 0.4) is 0 Å². The summed E-state index contributed by atoms with van der Waals surface area (Å²) in [5.74, 6) is 0.686. The molecular weight excluding hydrogens is 296 g/mol. The van der Waals surface area contributed by atoms with Crippen molar-refractivity contribution in [3.8, 4) is 5.88 Å². The summed E-state index contributed by atoms with van der Waals surface area (Å²) in [6.07, 6.45) is 0. The molecule has 0 N–H and O–H groups in total. The second kappa shape index (κ2) is 6.59. The maximum atomic E-state index is 5.99. The highest BCUT2D eigenvalue weighted by molar-refractivity contribution is 5.84. The van der Waals surface area contributed by atoms with E-state index in [1.165, 1.54) is 5.56 Å². The minimum Gasteiger partial charge on any atom is -0.471 e. The van der Waals surface area contributed by atoms with Crippen LogP contribution in [-0.2, 0) is 13.2 Å². The van der Waals surface area contributed by atoms with Crippen molar-refractivity contribution < 1.29 is 4.74 Å². The highest BCUT2D eigenvalue weighted by Crippen LogP contribution is 2.26. The van der Waals surface area contributed by atoms with Crippen LogP contribution < -0.4 is 4.74 Å². The zero-order valence-corrected chi connectivity index (χ0v) is 13.3. The van der Waals surface area contributed by atoms with E-state index < -0.39 is 0 Å². The predicted octanol–water partition coefficient (Wildman–Crippen LogP) is 4.66. The normalized spacial score (nSPS) is 10.8. The van der Waals surface area contributed by atoms with Crippen LogP contribution in [0.5, 0.6) is 5.88 Å². The molecule has 0 aliphatic carbocycles. The van der Waals surface area contributed by atoms with Crippen molar-refractivity contribution in [3.05, 3.63) is 96.1 Å². The molecule has 0 fully saturated rings. The van der Waals surface area contributed by atoms with Gasteiger partial charge in [-0.3, -0.25) is 4.68 Å². The van der Waals surface area contributed by atoms with Crippen LogP contribution >= 0.6 is 0 Å². The molecule has 24 heavy (non-hydrogen) atoms. The number of ether oxygens (including phenoxy) is 1. The Morgan fingerprint density at radius 3 is 2.08 bits per heavy atom. The van der Waals surface area contributed by atoms with Crippen molar-refractivity contribution in [2.24, 2.45) is 0 Å². The first-order valence-electron chi connectivity index (χ1n) is 8.06. The average molecular weight is 314 g/mol. The van der Waals surface area contributed by atoms with Crippen LogP contribution in [0.4, 0.5) is 0 Å². The molecule has 3 aromatic carbocycles. The monoisotopic (exact) mass is 314 g/mol. The van der Waals surface area contributed by atoms with Gasteiger partial charge in [0.2, 0.25) is 5.88 Å². The molecular formula is C21H18N2O. The molecule has 0 amide bonds. The number of para-hydroxylation sites is 1. The zero-order valence-electron chi connectivity index (χ0n) is 13.3. The number of hydrogen-bond acceptors (Lipinski definition) is 2. The largest absolute Gasteiger partial charge is 0.471 e. The summed E-state index contributed by atoms with van der Waals surface area (Å²) < 4.78 is 8.00. The molecule has 0 atom stereocenters. The van der Waals surface area contributed by atoms with E-state index in [0.717, 1.165) is 23.0 Å². The van der Waals surface area contributed by atoms with Crippen molar-refractivity contribution in [1.29, 1.82) is 0 Å². The first kappa shape index (κ1) is 14.5. The van der Waals surface area contributed by atoms with Crippen molar-refractivity contribution in [2.75, 3.05) is 0 Å². The third-order valence-corrected chi connectivity index (χ3v) is 4.02. The van der Waals surface area contributed by atoms with Gasteiger partial charge in [-0.25, -0.2) is 0 Å². The van der Waals surface area contributed by atoms with E-state index in [-0.39, 0.29) is 0 Å². The average Bonchev–Trinajstić information content (AvgIpc) is 3.00. The standard InChI is InChI=1S/C21H18N2O/c1-3-9-17(10-4-1)15-23-20-14-8-7-13-19(20)21(22-23)24-16-18-11-5-2-6-12-18/h1-14H,15-16H2. The molecule has 118 valence electrons. The Hall–Kier alpha value is -3.07. The van der Waals surface area contributed by atoms with Crippen LogP contribution in [-0.4, -0.2) is 9.78 Å². The van der Waals surface area contributed by atoms with Gasteiger partial charge in [0.05, 0.1) is 17.4 Å². The molecule has 0 aliphatic rings. The second-order valence-corrected chi connectivity index (χ2v) is 5.74. The van der Waals surface area contributed by atoms with Crippen molar-refractivity contribution >= 4 is 10.9 Å². The lowest BCUT2D eigenvalue weighted by Gasteiger charge is -2.04. The molecule has 1 heterocycles. The van der Waals surface area contributed by atoms with Crippen molar-refractivity contribution in [2.45, 2.75) is 13.2 Å². The highest BCUT2D eigenvalue weighted by Gasteiger charge is 2.11. The first-order valence-corrected chi connectivity index (χ1v) is 8.06. The molecule has 0 spiro atoms. The lowest BCUT2D eigenvalue weighted by atomic mass is 10.2. The van der Waals surface area contributed by atoms with Crippen molar-refractivity contribution in [1.82, 2.24) is 9.78 Å². The smallest absolute Gasteiger partial charge is 0.241 e. The number of hydrogen-bond donors (Lipinski definition) is 0. The number of aromatic nitrogens is 2. The summed E-state index contributed by atoms with van der Waals surface area (Å²) in [7, 11) is 0. The van der Waals surface area contributed by atoms with Gasteiger partial charge in [0.25, 0.3) is 0 Å². The summed E-state index contributed by atoms with van der Waals surface area (Å²) in [4.78, 5) is 0. The van der Waals surface area contributed by atoms with Crippen molar-refractivity contribution in [3.63, 3.8) is 0 Å². The Labute approximate surface area is 141 Å². The first-order chi connectivity index (χ1) is 11.9. The van der Waals surface area contributed by atoms with Gasteiger partial charge in [-0.2, -0.15) is 0 Å². The van der Waals surface area contributed by atoms with E-state index >= 15 is 0 Å². The summed E-state index contributed by atoms with van der Waals surface area (Å²) >= 11 is 0. The number of rotatable bonds is 5. The molecule has 0 radical (unpaired) electrons. The fourth-order valence-corrected chi connectivity index (χ4v) is 2.81. The molecule has 4 aromatic rings. The second-order valence-electron chi connectivity index (χ2n) is 5.74. The van der Waals surface area contributed by atoms with Crippen LogP contribution in [0.1, 0.15) is 11.1 Å². The molecule has 3 heteroatoms. The summed E-state index contributed by atoms with van der Waals surface area (Å²) in [5, 5.41) is 5.74. The maximum Gasteiger partial charge on any atom is 0.241 e. The summed E-state index contributed by atoms with van der Waals surface area (Å²) in [6.45, 7) is 1.25. The predicted molar refractivity (Wildman–Crippen MR) is 96.1 cm³/mol. The lowest BCUT2D eigenvalue weighted by molar-refractivity contribution is 0.293. The fraction of sp³-hybridized carbons (Fsp3) is 0.0952. The summed E-state index contributed by atoms with van der Waals surface area (Å²) in [6, 6.07) is 28.7. The Morgan fingerprint density at radius 1 is 0.708 bits per heavy atom. The molecule has 4 rings (SSSR count). The van der Waals surface area contributed by atoms with E-state index in [0.29, 0.717) is 12.5 Å². The van der Waals surface area contributed by atoms with Gasteiger partial charge in [-0.05, 0) is 23.3 Å². The highest BCUT2D eigenvalue weighted by atomic mass is 16.5. The maximum absolute atomic E-state index is 5.99. The molecule has 0 unspecified atom stereocenters. The topological polar surface area (TPSA) is 27.1 Å². The Balaban J connectivity index is 1.64. The minimum absolute atomic E-state index is 0.521. The third-order valence-electron chi connectivity index (χ3n) is 4.02. The van der Waals surface area contributed by atoms with Gasteiger partial charge >= 0.3 is 0 Å². The molecule has 1 aromatic heterocycles. The van der Waals surface area contributed by atoms with Crippen LogP contribution in [0.25, 0.3) is 10.9 Å². The third kappa shape index (κ3) is 3.01. The number of fused-ring (bicyclic) bond motifs is 1. The van der Waals surface area contributed by atoms with Gasteiger partial charge in [0.15, 0.2) is 0 Å². The molecule has 3 nitrogen and oxygen atoms in total. The van der Waals surface area contributed by atoms with Gasteiger partial charge in [0.1, 0.15) is 6.61 Å². The Morgan fingerprint density at radius 2 is 1.33 bits per heavy atom. The van der Waals surface area contributed by atoms with Gasteiger partial charge in [-0.1, -0.05) is 72.8 Å². The number of nitrogens with zero attached hydrogens (tertiary/aromatic N) is 2. The molecule has 0 bridgehead atoms. The molecule has 0 saturated heterocycles. The van der Waals surface area contributed by atoms with Gasteiger partial charge in [0, 0.05) is 0 Å². The van der Waals surface area contributed by atoms with Gasteiger partial charge < -0.3 is 4.74 Å². The summed E-state index contributed by atoms with van der Waals surface area (Å²) in [5.41, 5.74) is 3.45. The SMILES string of the molecule is c1ccc(COc2nn(Cc3ccccc3)c3ccccc23)cc1. The van der Waals surface area contributed by atoms with E-state index in [1.807, 2.05) is 53.2 Å². The van der Waals surface area contributed by atoms with Gasteiger partial charge in [-0.15, -0.1) is 5.10 Å².